The molecule has 4 heteroatoms. The lowest BCUT2D eigenvalue weighted by molar-refractivity contribution is 0.0945. The van der Waals surface area contributed by atoms with Crippen LogP contribution in [0.25, 0.3) is 0 Å². The molecule has 2 N–H and O–H groups in total. The van der Waals surface area contributed by atoms with Crippen LogP contribution in [0.2, 0.25) is 0 Å². The molecule has 0 aliphatic carbocycles. The minimum absolute atomic E-state index is 0.132. The fourth-order valence-corrected chi connectivity index (χ4v) is 1.46. The van der Waals surface area contributed by atoms with E-state index in [4.69, 9.17) is 16.7 Å². The number of nitrogens with one attached hydrogen (secondary N) is 1. The molecule has 0 saturated carbocycles. The Morgan fingerprint density at radius 3 is 2.94 bits per heavy atom. The van der Waals surface area contributed by atoms with Crippen molar-refractivity contribution >= 4 is 17.5 Å². The van der Waals surface area contributed by atoms with Crippen LogP contribution in [0.4, 0.5) is 0 Å². The maximum absolute atomic E-state index is 11.7. The van der Waals surface area contributed by atoms with Crippen molar-refractivity contribution in [2.24, 2.45) is 0 Å². The Kier molecular flexibility index (Phi) is 5.29. The lowest BCUT2D eigenvalue weighted by atomic mass is 10.1. The van der Waals surface area contributed by atoms with E-state index in [1.165, 1.54) is 0 Å². The third-order valence-electron chi connectivity index (χ3n) is 2.19. The highest BCUT2D eigenvalue weighted by Crippen LogP contribution is 2.07. The van der Waals surface area contributed by atoms with Crippen LogP contribution in [0.15, 0.2) is 24.3 Å². The second-order valence-electron chi connectivity index (χ2n) is 3.73. The average Bonchev–Trinajstić information content (AvgIpc) is 2.28. The van der Waals surface area contributed by atoms with Crippen LogP contribution in [-0.4, -0.2) is 23.7 Å². The molecule has 0 bridgehead atoms. The van der Waals surface area contributed by atoms with Gasteiger partial charge in [-0.2, -0.15) is 0 Å². The van der Waals surface area contributed by atoms with Crippen LogP contribution in [0.3, 0.4) is 0 Å². The monoisotopic (exact) mass is 241 g/mol. The molecule has 1 amide bonds. The van der Waals surface area contributed by atoms with Gasteiger partial charge >= 0.3 is 0 Å². The van der Waals surface area contributed by atoms with E-state index in [1.807, 2.05) is 6.07 Å². The lowest BCUT2D eigenvalue weighted by Crippen LogP contribution is -2.26. The predicted molar refractivity (Wildman–Crippen MR) is 64.6 cm³/mol. The molecule has 0 aromatic heterocycles. The molecule has 0 aliphatic rings. The Morgan fingerprint density at radius 1 is 1.56 bits per heavy atom. The number of carbonyl (C=O) groups excluding carboxylic acids is 1. The first-order chi connectivity index (χ1) is 7.63. The lowest BCUT2D eigenvalue weighted by Gasteiger charge is -2.07. The Bertz CT molecular complexity index is 353. The van der Waals surface area contributed by atoms with E-state index in [1.54, 1.807) is 25.1 Å². The van der Waals surface area contributed by atoms with Gasteiger partial charge in [0.25, 0.3) is 5.91 Å². The molecule has 1 rings (SSSR count). The Balaban J connectivity index is 2.52. The van der Waals surface area contributed by atoms with Crippen molar-refractivity contribution in [2.75, 3.05) is 6.54 Å². The summed E-state index contributed by atoms with van der Waals surface area (Å²) in [6.45, 7) is 2.17. The van der Waals surface area contributed by atoms with Crippen molar-refractivity contribution in [3.05, 3.63) is 35.4 Å². The summed E-state index contributed by atoms with van der Waals surface area (Å²) in [5, 5.41) is 11.8. The molecular formula is C12H16ClNO2. The number of halogens is 1. The van der Waals surface area contributed by atoms with Crippen molar-refractivity contribution in [1.82, 2.24) is 5.32 Å². The summed E-state index contributed by atoms with van der Waals surface area (Å²) >= 11 is 5.68. The van der Waals surface area contributed by atoms with E-state index >= 15 is 0 Å². The fraction of sp³-hybridized carbons (Fsp3) is 0.417. The minimum atomic E-state index is -0.394. The molecular weight excluding hydrogens is 226 g/mol. The molecule has 1 atom stereocenters. The average molecular weight is 242 g/mol. The van der Waals surface area contributed by atoms with Gasteiger partial charge in [-0.25, -0.2) is 0 Å². The number of aliphatic hydroxyl groups excluding tert-OH is 1. The van der Waals surface area contributed by atoms with Gasteiger partial charge in [0, 0.05) is 18.0 Å². The maximum Gasteiger partial charge on any atom is 0.251 e. The molecule has 1 unspecified atom stereocenters. The number of rotatable bonds is 5. The number of hydrogen-bond donors (Lipinski definition) is 2. The first-order valence-electron chi connectivity index (χ1n) is 5.24. The van der Waals surface area contributed by atoms with E-state index < -0.39 is 6.10 Å². The van der Waals surface area contributed by atoms with Gasteiger partial charge in [0.1, 0.15) is 0 Å². The topological polar surface area (TPSA) is 49.3 Å². The molecule has 1 aromatic rings. The summed E-state index contributed by atoms with van der Waals surface area (Å²) in [4.78, 5) is 11.7. The van der Waals surface area contributed by atoms with Crippen LogP contribution >= 0.6 is 11.6 Å². The zero-order valence-corrected chi connectivity index (χ0v) is 10.00. The Morgan fingerprint density at radius 2 is 2.31 bits per heavy atom. The second-order valence-corrected chi connectivity index (χ2v) is 3.99. The van der Waals surface area contributed by atoms with Crippen LogP contribution < -0.4 is 5.32 Å². The highest BCUT2D eigenvalue weighted by atomic mass is 35.5. The molecule has 0 saturated heterocycles. The van der Waals surface area contributed by atoms with Crippen molar-refractivity contribution in [3.63, 3.8) is 0 Å². The number of hydrogen-bond acceptors (Lipinski definition) is 2. The normalized spacial score (nSPS) is 12.2. The van der Waals surface area contributed by atoms with Gasteiger partial charge < -0.3 is 10.4 Å². The van der Waals surface area contributed by atoms with Crippen molar-refractivity contribution < 1.29 is 9.90 Å². The van der Waals surface area contributed by atoms with Gasteiger partial charge in [-0.1, -0.05) is 12.1 Å². The molecule has 0 radical (unpaired) electrons. The third kappa shape index (κ3) is 4.21. The van der Waals surface area contributed by atoms with E-state index in [-0.39, 0.29) is 5.91 Å². The van der Waals surface area contributed by atoms with Crippen molar-refractivity contribution in [2.45, 2.75) is 25.3 Å². The van der Waals surface area contributed by atoms with Gasteiger partial charge in [-0.3, -0.25) is 4.79 Å². The van der Waals surface area contributed by atoms with Gasteiger partial charge in [-0.05, 0) is 31.0 Å². The highest BCUT2D eigenvalue weighted by molar-refractivity contribution is 6.17. The number of amides is 1. The van der Waals surface area contributed by atoms with Gasteiger partial charge in [-0.15, -0.1) is 11.6 Å². The zero-order valence-electron chi connectivity index (χ0n) is 9.24. The van der Waals surface area contributed by atoms with E-state index in [0.29, 0.717) is 24.4 Å². The van der Waals surface area contributed by atoms with Crippen LogP contribution in [0.1, 0.15) is 29.3 Å². The Labute approximate surface area is 100 Å². The summed E-state index contributed by atoms with van der Waals surface area (Å²) in [6.07, 6.45) is 0.162. The first kappa shape index (κ1) is 13.0. The molecule has 0 spiro atoms. The smallest absolute Gasteiger partial charge is 0.251 e. The summed E-state index contributed by atoms with van der Waals surface area (Å²) in [5.41, 5.74) is 1.52. The summed E-state index contributed by atoms with van der Waals surface area (Å²) in [6, 6.07) is 7.19. The summed E-state index contributed by atoms with van der Waals surface area (Å²) < 4.78 is 0. The molecule has 0 aliphatic heterocycles. The second kappa shape index (κ2) is 6.51. The van der Waals surface area contributed by atoms with Gasteiger partial charge in [0.2, 0.25) is 0 Å². The van der Waals surface area contributed by atoms with E-state index in [2.05, 4.69) is 5.32 Å². The van der Waals surface area contributed by atoms with E-state index in [9.17, 15) is 4.79 Å². The zero-order chi connectivity index (χ0) is 12.0. The van der Waals surface area contributed by atoms with E-state index in [0.717, 1.165) is 5.56 Å². The predicted octanol–water partition coefficient (Wildman–Crippen LogP) is 1.93. The van der Waals surface area contributed by atoms with Crippen LogP contribution in [0, 0.1) is 0 Å². The third-order valence-corrected chi connectivity index (χ3v) is 2.50. The SMILES string of the molecule is CC(O)CCNC(=O)c1cccc(CCl)c1. The molecule has 0 heterocycles. The molecule has 88 valence electrons. The van der Waals surface area contributed by atoms with Crippen molar-refractivity contribution in [3.8, 4) is 0 Å². The number of alkyl halides is 1. The largest absolute Gasteiger partial charge is 0.393 e. The minimum Gasteiger partial charge on any atom is -0.393 e. The fourth-order valence-electron chi connectivity index (χ4n) is 1.29. The first-order valence-corrected chi connectivity index (χ1v) is 5.78. The van der Waals surface area contributed by atoms with Gasteiger partial charge in [0.15, 0.2) is 0 Å². The standard InChI is InChI=1S/C12H16ClNO2/c1-9(15)5-6-14-12(16)11-4-2-3-10(7-11)8-13/h2-4,7,9,15H,5-6,8H2,1H3,(H,14,16). The maximum atomic E-state index is 11.7. The molecule has 16 heavy (non-hydrogen) atoms. The highest BCUT2D eigenvalue weighted by Gasteiger charge is 2.05. The summed E-state index contributed by atoms with van der Waals surface area (Å²) in [7, 11) is 0. The quantitative estimate of drug-likeness (QED) is 0.774. The van der Waals surface area contributed by atoms with Crippen molar-refractivity contribution in [1.29, 1.82) is 0 Å². The number of benzene rings is 1. The van der Waals surface area contributed by atoms with Crippen LogP contribution in [0.5, 0.6) is 0 Å². The molecule has 0 fully saturated rings. The Hall–Kier alpha value is -1.06. The number of carbonyl (C=O) groups is 1. The molecule has 3 nitrogen and oxygen atoms in total. The van der Waals surface area contributed by atoms with Crippen LogP contribution in [-0.2, 0) is 5.88 Å². The number of aliphatic hydroxyl groups is 1. The molecule has 1 aromatic carbocycles. The summed E-state index contributed by atoms with van der Waals surface area (Å²) in [5.74, 6) is 0.266. The van der Waals surface area contributed by atoms with Gasteiger partial charge in [0.05, 0.1) is 6.10 Å².